The van der Waals surface area contributed by atoms with Crippen LogP contribution in [0.3, 0.4) is 0 Å². The quantitative estimate of drug-likeness (QED) is 0.297. The van der Waals surface area contributed by atoms with E-state index in [9.17, 15) is 0 Å². The molecule has 0 rings (SSSR count). The average molecular weight is 193 g/mol. The third kappa shape index (κ3) is 7.35. The Kier molecular flexibility index (Phi) is 8.86. The van der Waals surface area contributed by atoms with Gasteiger partial charge in [0.15, 0.2) is 0 Å². The van der Waals surface area contributed by atoms with Crippen LogP contribution in [0.2, 0.25) is 0 Å². The summed E-state index contributed by atoms with van der Waals surface area (Å²) in [5.41, 5.74) is 0.836. The van der Waals surface area contributed by atoms with Gasteiger partial charge in [-0.3, -0.25) is 0 Å². The van der Waals surface area contributed by atoms with Crippen molar-refractivity contribution < 1.29 is 5.21 Å². The van der Waals surface area contributed by atoms with Crippen molar-refractivity contribution in [1.82, 2.24) is 0 Å². The van der Waals surface area contributed by atoms with Gasteiger partial charge in [0.05, 0.1) is 5.71 Å². The summed E-state index contributed by atoms with van der Waals surface area (Å²) in [4.78, 5) is 0. The Hall–Kier alpha value is -1.31. The van der Waals surface area contributed by atoms with Gasteiger partial charge in [-0.05, 0) is 13.3 Å². The Balaban J connectivity index is 3.79. The van der Waals surface area contributed by atoms with Gasteiger partial charge >= 0.3 is 0 Å². The van der Waals surface area contributed by atoms with Gasteiger partial charge in [0.2, 0.25) is 0 Å². The molecule has 0 saturated carbocycles. The summed E-state index contributed by atoms with van der Waals surface area (Å²) in [5, 5.41) is 11.9. The van der Waals surface area contributed by atoms with Crippen molar-refractivity contribution in [3.8, 4) is 0 Å². The van der Waals surface area contributed by atoms with E-state index in [0.29, 0.717) is 0 Å². The fraction of sp³-hybridized carbons (Fsp3) is 0.417. The minimum atomic E-state index is 0.727. The molecule has 2 nitrogen and oxygen atoms in total. The lowest BCUT2D eigenvalue weighted by Gasteiger charge is -1.95. The molecule has 78 valence electrons. The second-order valence-corrected chi connectivity index (χ2v) is 2.96. The molecular weight excluding hydrogens is 174 g/mol. The van der Waals surface area contributed by atoms with Crippen LogP contribution in [0.4, 0.5) is 0 Å². The molecule has 1 N–H and O–H groups in total. The Morgan fingerprint density at radius 2 is 1.93 bits per heavy atom. The zero-order chi connectivity index (χ0) is 10.6. The third-order valence-electron chi connectivity index (χ3n) is 1.70. The number of nitrogens with zero attached hydrogens (tertiary/aromatic N) is 1. The first kappa shape index (κ1) is 12.7. The molecule has 0 atom stereocenters. The van der Waals surface area contributed by atoms with Crippen LogP contribution in [0.15, 0.2) is 41.6 Å². The van der Waals surface area contributed by atoms with Gasteiger partial charge in [0.25, 0.3) is 0 Å². The van der Waals surface area contributed by atoms with Gasteiger partial charge in [0.1, 0.15) is 0 Å². The number of hydrogen-bond acceptors (Lipinski definition) is 2. The number of hydrogen-bond donors (Lipinski definition) is 1. The normalized spacial score (nSPS) is 13.7. The van der Waals surface area contributed by atoms with E-state index in [0.717, 1.165) is 25.0 Å². The van der Waals surface area contributed by atoms with Crippen molar-refractivity contribution in [2.24, 2.45) is 5.16 Å². The predicted octanol–water partition coefficient (Wildman–Crippen LogP) is 3.70. The van der Waals surface area contributed by atoms with Crippen LogP contribution < -0.4 is 0 Å². The van der Waals surface area contributed by atoms with E-state index in [1.165, 1.54) is 0 Å². The van der Waals surface area contributed by atoms with E-state index in [1.807, 2.05) is 43.4 Å². The van der Waals surface area contributed by atoms with Gasteiger partial charge in [-0.25, -0.2) is 0 Å². The lowest BCUT2D eigenvalue weighted by molar-refractivity contribution is 0.316. The van der Waals surface area contributed by atoms with Crippen molar-refractivity contribution in [3.63, 3.8) is 0 Å². The maximum atomic E-state index is 8.62. The third-order valence-corrected chi connectivity index (χ3v) is 1.70. The SMILES string of the molecule is C/C=C/C=C/C=C/C/C(CCC)=N/O. The van der Waals surface area contributed by atoms with Crippen molar-refractivity contribution in [1.29, 1.82) is 0 Å². The number of rotatable bonds is 6. The maximum absolute atomic E-state index is 8.62. The van der Waals surface area contributed by atoms with Crippen LogP contribution >= 0.6 is 0 Å². The largest absolute Gasteiger partial charge is 0.411 e. The molecule has 0 aliphatic carbocycles. The number of oxime groups is 1. The molecule has 0 radical (unpaired) electrons. The Morgan fingerprint density at radius 1 is 1.21 bits per heavy atom. The first-order valence-corrected chi connectivity index (χ1v) is 4.99. The second kappa shape index (κ2) is 9.78. The van der Waals surface area contributed by atoms with E-state index in [1.54, 1.807) is 0 Å². The van der Waals surface area contributed by atoms with Crippen molar-refractivity contribution in [2.75, 3.05) is 0 Å². The molecule has 0 heterocycles. The first-order chi connectivity index (χ1) is 6.85. The van der Waals surface area contributed by atoms with Crippen molar-refractivity contribution >= 4 is 5.71 Å². The summed E-state index contributed by atoms with van der Waals surface area (Å²) < 4.78 is 0. The van der Waals surface area contributed by atoms with Gasteiger partial charge in [-0.15, -0.1) is 0 Å². The standard InChI is InChI=1S/C12H19NO/c1-3-5-6-7-8-9-11-12(13-14)10-4-2/h3,5-9,14H,4,10-11H2,1-2H3/b5-3+,7-6+,9-8+,13-12+. The molecule has 14 heavy (non-hydrogen) atoms. The predicted molar refractivity (Wildman–Crippen MR) is 61.8 cm³/mol. The highest BCUT2D eigenvalue weighted by atomic mass is 16.4. The van der Waals surface area contributed by atoms with E-state index >= 15 is 0 Å². The molecule has 0 unspecified atom stereocenters. The summed E-state index contributed by atoms with van der Waals surface area (Å²) in [6.45, 7) is 4.05. The zero-order valence-electron chi connectivity index (χ0n) is 8.98. The van der Waals surface area contributed by atoms with Crippen LogP contribution in [0.25, 0.3) is 0 Å². The molecule has 0 saturated heterocycles. The minimum Gasteiger partial charge on any atom is -0.411 e. The fourth-order valence-electron chi connectivity index (χ4n) is 1.00. The summed E-state index contributed by atoms with van der Waals surface area (Å²) in [6, 6.07) is 0. The van der Waals surface area contributed by atoms with E-state index in [2.05, 4.69) is 12.1 Å². The summed E-state index contributed by atoms with van der Waals surface area (Å²) >= 11 is 0. The molecule has 0 bridgehead atoms. The van der Waals surface area contributed by atoms with E-state index in [4.69, 9.17) is 5.21 Å². The maximum Gasteiger partial charge on any atom is 0.0608 e. The van der Waals surface area contributed by atoms with Gasteiger partial charge in [-0.2, -0.15) is 0 Å². The van der Waals surface area contributed by atoms with Crippen molar-refractivity contribution in [2.45, 2.75) is 33.1 Å². The molecular formula is C12H19NO. The average Bonchev–Trinajstić information content (AvgIpc) is 2.21. The summed E-state index contributed by atoms with van der Waals surface area (Å²) in [6.07, 6.45) is 14.4. The van der Waals surface area contributed by atoms with Crippen LogP contribution in [0, 0.1) is 0 Å². The highest BCUT2D eigenvalue weighted by Gasteiger charge is 1.93. The highest BCUT2D eigenvalue weighted by molar-refractivity contribution is 5.85. The van der Waals surface area contributed by atoms with E-state index in [-0.39, 0.29) is 0 Å². The molecule has 0 aliphatic rings. The van der Waals surface area contributed by atoms with Gasteiger partial charge in [0, 0.05) is 6.42 Å². The molecule has 2 heteroatoms. The number of allylic oxidation sites excluding steroid dienone is 6. The molecule has 0 aromatic heterocycles. The Bertz CT molecular complexity index is 237. The lowest BCUT2D eigenvalue weighted by Crippen LogP contribution is -1.94. The molecule has 0 aliphatic heterocycles. The molecule has 0 aromatic carbocycles. The molecule has 0 spiro atoms. The second-order valence-electron chi connectivity index (χ2n) is 2.96. The molecule has 0 fully saturated rings. The Labute approximate surface area is 86.3 Å². The lowest BCUT2D eigenvalue weighted by atomic mass is 10.1. The molecule has 0 aromatic rings. The summed E-state index contributed by atoms with van der Waals surface area (Å²) in [7, 11) is 0. The highest BCUT2D eigenvalue weighted by Crippen LogP contribution is 1.98. The van der Waals surface area contributed by atoms with E-state index < -0.39 is 0 Å². The first-order valence-electron chi connectivity index (χ1n) is 4.99. The van der Waals surface area contributed by atoms with Gasteiger partial charge in [-0.1, -0.05) is 55.0 Å². The van der Waals surface area contributed by atoms with Gasteiger partial charge < -0.3 is 5.21 Å². The van der Waals surface area contributed by atoms with Crippen molar-refractivity contribution in [3.05, 3.63) is 36.5 Å². The molecule has 0 amide bonds. The zero-order valence-corrected chi connectivity index (χ0v) is 8.98. The smallest absolute Gasteiger partial charge is 0.0608 e. The minimum absolute atomic E-state index is 0.727. The van der Waals surface area contributed by atoms with Crippen LogP contribution in [0.5, 0.6) is 0 Å². The topological polar surface area (TPSA) is 32.6 Å². The summed E-state index contributed by atoms with van der Waals surface area (Å²) in [5.74, 6) is 0. The van der Waals surface area contributed by atoms with Crippen LogP contribution in [-0.4, -0.2) is 10.9 Å². The van der Waals surface area contributed by atoms with Crippen LogP contribution in [-0.2, 0) is 0 Å². The fourth-order valence-corrected chi connectivity index (χ4v) is 1.00. The van der Waals surface area contributed by atoms with Crippen LogP contribution in [0.1, 0.15) is 33.1 Å². The Morgan fingerprint density at radius 3 is 2.50 bits per heavy atom. The monoisotopic (exact) mass is 193 g/mol.